The number of urea groups is 1. The average molecular weight is 480 g/mol. The number of aryl methyl sites for hydroxylation is 2. The quantitative estimate of drug-likeness (QED) is 0.552. The Bertz CT molecular complexity index is 1150. The largest absolute Gasteiger partial charge is 0.497 e. The number of nitrogens with one attached hydrogen (secondary N) is 1. The molecule has 8 heteroatoms. The van der Waals surface area contributed by atoms with E-state index < -0.39 is 0 Å². The number of methoxy groups -OCH3 is 1. The Kier molecular flexibility index (Phi) is 7.53. The maximum Gasteiger partial charge on any atom is 0.321 e. The number of ether oxygens (including phenoxy) is 1. The van der Waals surface area contributed by atoms with Crippen LogP contribution in [0.2, 0.25) is 5.02 Å². The molecule has 7 nitrogen and oxygen atoms in total. The zero-order chi connectivity index (χ0) is 24.1. The molecule has 0 spiro atoms. The summed E-state index contributed by atoms with van der Waals surface area (Å²) in [6, 6.07) is 15.2. The highest BCUT2D eigenvalue weighted by molar-refractivity contribution is 6.30. The van der Waals surface area contributed by atoms with Crippen LogP contribution < -0.4 is 15.0 Å². The summed E-state index contributed by atoms with van der Waals surface area (Å²) in [4.78, 5) is 26.5. The van der Waals surface area contributed by atoms with Crippen molar-refractivity contribution in [1.29, 1.82) is 0 Å². The van der Waals surface area contributed by atoms with E-state index in [4.69, 9.17) is 21.3 Å². The van der Waals surface area contributed by atoms with Crippen LogP contribution in [-0.4, -0.2) is 54.2 Å². The van der Waals surface area contributed by atoms with E-state index in [1.54, 1.807) is 7.11 Å². The van der Waals surface area contributed by atoms with Crippen LogP contribution in [-0.2, 0) is 6.42 Å². The minimum absolute atomic E-state index is 0.105. The van der Waals surface area contributed by atoms with Gasteiger partial charge in [-0.1, -0.05) is 29.8 Å². The summed E-state index contributed by atoms with van der Waals surface area (Å²) >= 11 is 6.07. The van der Waals surface area contributed by atoms with Crippen LogP contribution in [0.3, 0.4) is 0 Å². The molecule has 34 heavy (non-hydrogen) atoms. The molecule has 2 amide bonds. The molecule has 4 rings (SSSR count). The van der Waals surface area contributed by atoms with Gasteiger partial charge in [-0.3, -0.25) is 0 Å². The second-order valence-corrected chi connectivity index (χ2v) is 8.89. The van der Waals surface area contributed by atoms with Crippen molar-refractivity contribution in [2.75, 3.05) is 43.5 Å². The maximum absolute atomic E-state index is 12.9. The number of anilines is 2. The number of carbonyl (C=O) groups excluding carboxylic acids is 1. The Labute approximate surface area is 205 Å². The summed E-state index contributed by atoms with van der Waals surface area (Å²) in [7, 11) is 1.61. The number of hydrogen-bond donors (Lipinski definition) is 1. The SMILES string of the molecule is COc1cccc(NC(=O)N2CCCN(c3nc(C)nc(C)c3Cc3ccc(Cl)cc3)CC2)c1. The van der Waals surface area contributed by atoms with Gasteiger partial charge in [-0.05, 0) is 50.1 Å². The molecule has 1 aromatic heterocycles. The molecule has 1 N–H and O–H groups in total. The van der Waals surface area contributed by atoms with E-state index in [2.05, 4.69) is 15.2 Å². The van der Waals surface area contributed by atoms with Crippen LogP contribution >= 0.6 is 11.6 Å². The highest BCUT2D eigenvalue weighted by Gasteiger charge is 2.23. The van der Waals surface area contributed by atoms with Gasteiger partial charge in [0.1, 0.15) is 17.4 Å². The molecule has 0 atom stereocenters. The standard InChI is InChI=1S/C26H30ClN5O2/c1-18-24(16-20-8-10-21(27)11-9-20)25(29-19(2)28-18)31-12-5-13-32(15-14-31)26(33)30-22-6-4-7-23(17-22)34-3/h4,6-11,17H,5,12-16H2,1-3H3,(H,30,33). The zero-order valence-corrected chi connectivity index (χ0v) is 20.6. The van der Waals surface area contributed by atoms with E-state index in [-0.39, 0.29) is 6.03 Å². The van der Waals surface area contributed by atoms with Gasteiger partial charge in [0.2, 0.25) is 0 Å². The van der Waals surface area contributed by atoms with E-state index in [1.807, 2.05) is 67.3 Å². The van der Waals surface area contributed by atoms with Crippen molar-refractivity contribution in [3.8, 4) is 5.75 Å². The average Bonchev–Trinajstić information content (AvgIpc) is 3.08. The van der Waals surface area contributed by atoms with Crippen molar-refractivity contribution < 1.29 is 9.53 Å². The van der Waals surface area contributed by atoms with Crippen LogP contribution in [0.15, 0.2) is 48.5 Å². The fourth-order valence-corrected chi connectivity index (χ4v) is 4.35. The van der Waals surface area contributed by atoms with Gasteiger partial charge >= 0.3 is 6.03 Å². The molecule has 1 aliphatic rings. The van der Waals surface area contributed by atoms with Crippen LogP contribution in [0.5, 0.6) is 5.75 Å². The highest BCUT2D eigenvalue weighted by atomic mass is 35.5. The fourth-order valence-electron chi connectivity index (χ4n) is 4.23. The van der Waals surface area contributed by atoms with E-state index in [0.717, 1.165) is 58.6 Å². The first-order valence-corrected chi connectivity index (χ1v) is 11.8. The number of rotatable bonds is 5. The van der Waals surface area contributed by atoms with Crippen LogP contribution in [0.25, 0.3) is 0 Å². The number of hydrogen-bond acceptors (Lipinski definition) is 5. The van der Waals surface area contributed by atoms with Crippen molar-refractivity contribution in [3.63, 3.8) is 0 Å². The van der Waals surface area contributed by atoms with Gasteiger partial charge in [0, 0.05) is 60.6 Å². The minimum atomic E-state index is -0.105. The summed E-state index contributed by atoms with van der Waals surface area (Å²) < 4.78 is 5.25. The highest BCUT2D eigenvalue weighted by Crippen LogP contribution is 2.26. The molecular weight excluding hydrogens is 450 g/mol. The van der Waals surface area contributed by atoms with Gasteiger partial charge in [-0.25, -0.2) is 14.8 Å². The Morgan fingerprint density at radius 2 is 1.85 bits per heavy atom. The Hall–Kier alpha value is -3.32. The van der Waals surface area contributed by atoms with Crippen molar-refractivity contribution in [1.82, 2.24) is 14.9 Å². The molecule has 2 aromatic carbocycles. The van der Waals surface area contributed by atoms with Crippen molar-refractivity contribution in [2.24, 2.45) is 0 Å². The predicted molar refractivity (Wildman–Crippen MR) is 136 cm³/mol. The number of amides is 2. The van der Waals surface area contributed by atoms with Crippen LogP contribution in [0, 0.1) is 13.8 Å². The molecule has 0 radical (unpaired) electrons. The minimum Gasteiger partial charge on any atom is -0.497 e. The lowest BCUT2D eigenvalue weighted by atomic mass is 10.0. The number of aromatic nitrogens is 2. The van der Waals surface area contributed by atoms with E-state index >= 15 is 0 Å². The van der Waals surface area contributed by atoms with E-state index in [1.165, 1.54) is 0 Å². The Balaban J connectivity index is 1.49. The summed E-state index contributed by atoms with van der Waals surface area (Å²) in [5.74, 6) is 2.42. The van der Waals surface area contributed by atoms with Crippen LogP contribution in [0.4, 0.5) is 16.3 Å². The Morgan fingerprint density at radius 3 is 2.62 bits per heavy atom. The molecule has 3 aromatic rings. The first kappa shape index (κ1) is 23.8. The van der Waals surface area contributed by atoms with Gasteiger partial charge in [0.25, 0.3) is 0 Å². The number of nitrogens with zero attached hydrogens (tertiary/aromatic N) is 4. The third-order valence-electron chi connectivity index (χ3n) is 6.00. The number of carbonyl (C=O) groups is 1. The van der Waals surface area contributed by atoms with E-state index in [9.17, 15) is 4.79 Å². The lowest BCUT2D eigenvalue weighted by molar-refractivity contribution is 0.215. The van der Waals surface area contributed by atoms with Gasteiger partial charge < -0.3 is 19.9 Å². The molecule has 0 saturated carbocycles. The third kappa shape index (κ3) is 5.78. The maximum atomic E-state index is 12.9. The molecule has 1 saturated heterocycles. The molecule has 0 unspecified atom stereocenters. The molecule has 1 fully saturated rings. The summed E-state index contributed by atoms with van der Waals surface area (Å²) in [5, 5.41) is 3.71. The van der Waals surface area contributed by atoms with Crippen molar-refractivity contribution >= 4 is 29.1 Å². The zero-order valence-electron chi connectivity index (χ0n) is 19.8. The van der Waals surface area contributed by atoms with Crippen molar-refractivity contribution in [2.45, 2.75) is 26.7 Å². The van der Waals surface area contributed by atoms with E-state index in [0.29, 0.717) is 25.4 Å². The predicted octanol–water partition coefficient (Wildman–Crippen LogP) is 5.09. The first-order chi connectivity index (χ1) is 16.4. The van der Waals surface area contributed by atoms with Crippen molar-refractivity contribution in [3.05, 3.63) is 76.2 Å². The molecule has 1 aliphatic heterocycles. The molecule has 178 valence electrons. The Morgan fingerprint density at radius 1 is 1.06 bits per heavy atom. The lowest BCUT2D eigenvalue weighted by Gasteiger charge is -2.26. The van der Waals surface area contributed by atoms with Crippen LogP contribution in [0.1, 0.15) is 29.1 Å². The molecular formula is C26H30ClN5O2. The van der Waals surface area contributed by atoms with Gasteiger partial charge in [0.15, 0.2) is 0 Å². The summed E-state index contributed by atoms with van der Waals surface area (Å²) in [6.45, 7) is 6.78. The molecule has 2 heterocycles. The third-order valence-corrected chi connectivity index (χ3v) is 6.25. The topological polar surface area (TPSA) is 70.6 Å². The second kappa shape index (κ2) is 10.7. The van der Waals surface area contributed by atoms with Gasteiger partial charge in [-0.15, -0.1) is 0 Å². The molecule has 0 bridgehead atoms. The van der Waals surface area contributed by atoms with Gasteiger partial charge in [-0.2, -0.15) is 0 Å². The number of benzene rings is 2. The summed E-state index contributed by atoms with van der Waals surface area (Å²) in [6.07, 6.45) is 1.59. The molecule has 0 aliphatic carbocycles. The first-order valence-electron chi connectivity index (χ1n) is 11.5. The van der Waals surface area contributed by atoms with Gasteiger partial charge in [0.05, 0.1) is 7.11 Å². The number of halogens is 1. The monoisotopic (exact) mass is 479 g/mol. The fraction of sp³-hybridized carbons (Fsp3) is 0.346. The summed E-state index contributed by atoms with van der Waals surface area (Å²) in [5.41, 5.74) is 3.98. The second-order valence-electron chi connectivity index (χ2n) is 8.45. The normalized spacial score (nSPS) is 14.0. The smallest absolute Gasteiger partial charge is 0.321 e. The lowest BCUT2D eigenvalue weighted by Crippen LogP contribution is -2.38.